The van der Waals surface area contributed by atoms with E-state index in [1.807, 2.05) is 49.6 Å². The molecule has 198 valence electrons. The molecule has 5 rings (SSSR count). The molecule has 0 bridgehead atoms. The maximum absolute atomic E-state index is 13.7. The topological polar surface area (TPSA) is 68.0 Å². The first-order chi connectivity index (χ1) is 18.2. The third-order valence-corrected chi connectivity index (χ3v) is 7.07. The van der Waals surface area contributed by atoms with E-state index in [1.165, 1.54) is 10.5 Å². The lowest BCUT2D eigenvalue weighted by Crippen LogP contribution is -2.42. The van der Waals surface area contributed by atoms with Gasteiger partial charge in [0.05, 0.1) is 23.7 Å². The van der Waals surface area contributed by atoms with Gasteiger partial charge >= 0.3 is 0 Å². The van der Waals surface area contributed by atoms with Gasteiger partial charge in [0.1, 0.15) is 0 Å². The summed E-state index contributed by atoms with van der Waals surface area (Å²) in [5.74, 6) is -3.06. The van der Waals surface area contributed by atoms with Gasteiger partial charge in [-0.3, -0.25) is 9.78 Å². The van der Waals surface area contributed by atoms with Crippen LogP contribution in [0.3, 0.4) is 0 Å². The van der Waals surface area contributed by atoms with Gasteiger partial charge in [-0.25, -0.2) is 13.5 Å². The molecule has 1 atom stereocenters. The summed E-state index contributed by atoms with van der Waals surface area (Å²) in [6.45, 7) is 6.14. The van der Waals surface area contributed by atoms with Crippen molar-refractivity contribution >= 4 is 11.6 Å². The number of aromatic nitrogens is 4. The van der Waals surface area contributed by atoms with Gasteiger partial charge < -0.3 is 14.8 Å². The Morgan fingerprint density at radius 1 is 1.13 bits per heavy atom. The number of alkyl halides is 2. The largest absolute Gasteiger partial charge is 0.365 e. The van der Waals surface area contributed by atoms with Crippen LogP contribution in [-0.4, -0.2) is 49.2 Å². The molecule has 1 aliphatic heterocycles. The van der Waals surface area contributed by atoms with E-state index in [4.69, 9.17) is 0 Å². The van der Waals surface area contributed by atoms with Gasteiger partial charge in [-0.2, -0.15) is 5.10 Å². The number of nitrogens with zero attached hydrogens (tertiary/aromatic N) is 5. The first kappa shape index (κ1) is 25.6. The lowest BCUT2D eigenvalue weighted by atomic mass is 10.1. The molecule has 1 amide bonds. The van der Waals surface area contributed by atoms with Gasteiger partial charge in [-0.1, -0.05) is 25.1 Å². The van der Waals surface area contributed by atoms with E-state index in [-0.39, 0.29) is 43.7 Å². The molecule has 9 heteroatoms. The average molecular weight is 519 g/mol. The van der Waals surface area contributed by atoms with Gasteiger partial charge in [0.2, 0.25) is 0 Å². The van der Waals surface area contributed by atoms with Crippen LogP contribution in [0.15, 0.2) is 67.1 Å². The standard InChI is InChI=1S/C29H32F2N6O/c1-4-22-7-5-6-8-25(22)33-21(3)36-14-11-23(19-36)27-17-26(28(38)35-15-12-29(30,31)13-16-35)34-37(27)24-10-9-20(2)32-18-24/h5-11,14,17-19,21,33H,4,12-13,15-16H2,1-3H3. The zero-order valence-corrected chi connectivity index (χ0v) is 21.9. The van der Waals surface area contributed by atoms with Crippen LogP contribution >= 0.6 is 0 Å². The minimum Gasteiger partial charge on any atom is -0.365 e. The number of pyridine rings is 1. The van der Waals surface area contributed by atoms with Crippen molar-refractivity contribution in [2.45, 2.75) is 52.1 Å². The number of rotatable bonds is 7. The number of amides is 1. The molecule has 1 unspecified atom stereocenters. The van der Waals surface area contributed by atoms with Gasteiger partial charge in [0, 0.05) is 55.3 Å². The first-order valence-corrected chi connectivity index (χ1v) is 13.0. The third kappa shape index (κ3) is 5.32. The predicted molar refractivity (Wildman–Crippen MR) is 144 cm³/mol. The summed E-state index contributed by atoms with van der Waals surface area (Å²) in [4.78, 5) is 19.1. The van der Waals surface area contributed by atoms with Crippen molar-refractivity contribution in [1.29, 1.82) is 0 Å². The summed E-state index contributed by atoms with van der Waals surface area (Å²) >= 11 is 0. The van der Waals surface area contributed by atoms with Crippen LogP contribution in [0.25, 0.3) is 16.9 Å². The molecule has 4 heterocycles. The second kappa shape index (κ2) is 10.4. The SMILES string of the molecule is CCc1ccccc1NC(C)n1ccc(-c2cc(C(=O)N3CCC(F)(F)CC3)nn2-c2ccc(C)nc2)c1. The molecule has 1 aromatic carbocycles. The quantitative estimate of drug-likeness (QED) is 0.321. The smallest absolute Gasteiger partial charge is 0.274 e. The Hall–Kier alpha value is -4.01. The Balaban J connectivity index is 1.45. The Bertz CT molecular complexity index is 1420. The summed E-state index contributed by atoms with van der Waals surface area (Å²) < 4.78 is 31.1. The minimum atomic E-state index is -2.72. The van der Waals surface area contributed by atoms with E-state index in [2.05, 4.69) is 45.9 Å². The van der Waals surface area contributed by atoms with E-state index in [9.17, 15) is 13.6 Å². The Morgan fingerprint density at radius 3 is 2.61 bits per heavy atom. The highest BCUT2D eigenvalue weighted by Gasteiger charge is 2.36. The van der Waals surface area contributed by atoms with Crippen LogP contribution in [0, 0.1) is 6.92 Å². The molecule has 0 saturated carbocycles. The maximum Gasteiger partial charge on any atom is 0.274 e. The number of aryl methyl sites for hydroxylation is 2. The summed E-state index contributed by atoms with van der Waals surface area (Å²) in [7, 11) is 0. The molecular weight excluding hydrogens is 486 g/mol. The number of anilines is 1. The number of likely N-dealkylation sites (tertiary alicyclic amines) is 1. The van der Waals surface area contributed by atoms with Crippen molar-refractivity contribution in [2.24, 2.45) is 0 Å². The number of nitrogens with one attached hydrogen (secondary N) is 1. The van der Waals surface area contributed by atoms with Crippen LogP contribution in [-0.2, 0) is 6.42 Å². The van der Waals surface area contributed by atoms with Crippen LogP contribution in [0.2, 0.25) is 0 Å². The maximum atomic E-state index is 13.7. The van der Waals surface area contributed by atoms with Crippen molar-refractivity contribution in [3.63, 3.8) is 0 Å². The van der Waals surface area contributed by atoms with Gasteiger partial charge in [0.15, 0.2) is 5.69 Å². The monoisotopic (exact) mass is 518 g/mol. The fourth-order valence-electron chi connectivity index (χ4n) is 4.75. The number of hydrogen-bond donors (Lipinski definition) is 1. The minimum absolute atomic E-state index is 0.0128. The van der Waals surface area contributed by atoms with Crippen molar-refractivity contribution in [1.82, 2.24) is 24.2 Å². The number of carbonyl (C=O) groups is 1. The Morgan fingerprint density at radius 2 is 1.89 bits per heavy atom. The highest BCUT2D eigenvalue weighted by atomic mass is 19.3. The van der Waals surface area contributed by atoms with Crippen molar-refractivity contribution in [3.8, 4) is 16.9 Å². The Kier molecular flexibility index (Phi) is 7.01. The van der Waals surface area contributed by atoms with Gasteiger partial charge in [-0.05, 0) is 56.2 Å². The van der Waals surface area contributed by atoms with Crippen LogP contribution < -0.4 is 5.32 Å². The molecule has 3 aromatic heterocycles. The number of para-hydroxylation sites is 1. The van der Waals surface area contributed by atoms with Crippen molar-refractivity contribution in [3.05, 3.63) is 84.1 Å². The van der Waals surface area contributed by atoms with E-state index in [0.29, 0.717) is 5.69 Å². The summed E-state index contributed by atoms with van der Waals surface area (Å²) in [6, 6.07) is 15.8. The molecule has 38 heavy (non-hydrogen) atoms. The number of benzene rings is 1. The van der Waals surface area contributed by atoms with Crippen molar-refractivity contribution in [2.75, 3.05) is 18.4 Å². The second-order valence-electron chi connectivity index (χ2n) is 9.81. The zero-order valence-electron chi connectivity index (χ0n) is 21.9. The first-order valence-electron chi connectivity index (χ1n) is 13.0. The molecule has 0 spiro atoms. The zero-order chi connectivity index (χ0) is 26.9. The lowest BCUT2D eigenvalue weighted by molar-refractivity contribution is -0.0495. The molecule has 1 aliphatic rings. The summed E-state index contributed by atoms with van der Waals surface area (Å²) in [5.41, 5.74) is 5.74. The molecule has 1 N–H and O–H groups in total. The predicted octanol–water partition coefficient (Wildman–Crippen LogP) is 6.11. The molecular formula is C29H32F2N6O. The van der Waals surface area contributed by atoms with Crippen LogP contribution in [0.5, 0.6) is 0 Å². The molecule has 1 fully saturated rings. The number of piperidine rings is 1. The number of carbonyl (C=O) groups excluding carboxylic acids is 1. The van der Waals surface area contributed by atoms with Crippen molar-refractivity contribution < 1.29 is 13.6 Å². The third-order valence-electron chi connectivity index (χ3n) is 7.07. The summed E-state index contributed by atoms with van der Waals surface area (Å²) in [6.07, 6.45) is 5.96. The highest BCUT2D eigenvalue weighted by molar-refractivity contribution is 5.93. The molecule has 1 saturated heterocycles. The number of hydrogen-bond acceptors (Lipinski definition) is 4. The Labute approximate surface area is 221 Å². The molecule has 7 nitrogen and oxygen atoms in total. The summed E-state index contributed by atoms with van der Waals surface area (Å²) in [5, 5.41) is 8.19. The fraction of sp³-hybridized carbons (Fsp3) is 0.345. The van der Waals surface area contributed by atoms with E-state index in [1.54, 1.807) is 16.9 Å². The van der Waals surface area contributed by atoms with Gasteiger partial charge in [0.25, 0.3) is 11.8 Å². The second-order valence-corrected chi connectivity index (χ2v) is 9.81. The van der Waals surface area contributed by atoms with E-state index in [0.717, 1.165) is 29.1 Å². The van der Waals surface area contributed by atoms with E-state index < -0.39 is 5.92 Å². The van der Waals surface area contributed by atoms with Gasteiger partial charge in [-0.15, -0.1) is 0 Å². The van der Waals surface area contributed by atoms with Crippen LogP contribution in [0.1, 0.15) is 54.6 Å². The fourth-order valence-corrected chi connectivity index (χ4v) is 4.75. The molecule has 4 aromatic rings. The normalized spacial score (nSPS) is 15.9. The highest BCUT2D eigenvalue weighted by Crippen LogP contribution is 2.30. The van der Waals surface area contributed by atoms with E-state index >= 15 is 0 Å². The average Bonchev–Trinajstić information content (AvgIpc) is 3.57. The molecule has 0 aliphatic carbocycles. The number of halogens is 2. The van der Waals surface area contributed by atoms with Crippen LogP contribution in [0.4, 0.5) is 14.5 Å². The molecule has 0 radical (unpaired) electrons. The lowest BCUT2D eigenvalue weighted by Gasteiger charge is -2.31.